The van der Waals surface area contributed by atoms with Crippen LogP contribution in [0.2, 0.25) is 0 Å². The summed E-state index contributed by atoms with van der Waals surface area (Å²) in [6.07, 6.45) is 0. The number of amides is 3. The van der Waals surface area contributed by atoms with Crippen LogP contribution < -0.4 is 16.2 Å². The van der Waals surface area contributed by atoms with Gasteiger partial charge >= 0.3 is 0 Å². The largest absolute Gasteiger partial charge is 0.340 e. The topological polar surface area (TPSA) is 125 Å². The summed E-state index contributed by atoms with van der Waals surface area (Å²) in [5.41, 5.74) is 6.17. The summed E-state index contributed by atoms with van der Waals surface area (Å²) in [5.74, 6) is -2.00. The number of benzene rings is 2. The quantitative estimate of drug-likeness (QED) is 0.467. The summed E-state index contributed by atoms with van der Waals surface area (Å²) in [7, 11) is -3.74. The van der Waals surface area contributed by atoms with Crippen molar-refractivity contribution < 1.29 is 22.8 Å². The number of sulfonamides is 1. The summed E-state index contributed by atoms with van der Waals surface area (Å²) in [5, 5.41) is 2.63. The predicted octanol–water partition coefficient (Wildman–Crippen LogP) is 2.24. The minimum Gasteiger partial charge on any atom is -0.340 e. The van der Waals surface area contributed by atoms with Crippen molar-refractivity contribution in [2.24, 2.45) is 5.92 Å². The molecule has 2 aromatic carbocycles. The van der Waals surface area contributed by atoms with E-state index in [0.717, 1.165) is 5.56 Å². The maximum Gasteiger partial charge on any atom is 0.269 e. The average molecular weight is 489 g/mol. The maximum atomic E-state index is 12.9. The third kappa shape index (κ3) is 6.64. The first-order valence-electron chi connectivity index (χ1n) is 11.1. The van der Waals surface area contributed by atoms with E-state index < -0.39 is 33.8 Å². The van der Waals surface area contributed by atoms with Crippen molar-refractivity contribution >= 4 is 27.7 Å². The molecule has 0 radical (unpaired) electrons. The molecule has 1 atom stereocenters. The van der Waals surface area contributed by atoms with Gasteiger partial charge in [-0.1, -0.05) is 51.5 Å². The zero-order valence-electron chi connectivity index (χ0n) is 20.1. The highest BCUT2D eigenvalue weighted by Crippen LogP contribution is 2.17. The van der Waals surface area contributed by atoms with E-state index >= 15 is 0 Å². The number of carbonyl (C=O) groups is 3. The van der Waals surface area contributed by atoms with E-state index in [-0.39, 0.29) is 16.4 Å². The fraction of sp³-hybridized carbons (Fsp3) is 0.375. The van der Waals surface area contributed by atoms with Crippen LogP contribution in [0.25, 0.3) is 0 Å². The number of carbonyl (C=O) groups excluding carboxylic acids is 3. The minimum atomic E-state index is -3.74. The molecule has 184 valence electrons. The summed E-state index contributed by atoms with van der Waals surface area (Å²) >= 11 is 0. The molecule has 0 saturated heterocycles. The van der Waals surface area contributed by atoms with Gasteiger partial charge in [-0.05, 0) is 43.2 Å². The second kappa shape index (κ2) is 11.8. The molecule has 0 fully saturated rings. The van der Waals surface area contributed by atoms with Gasteiger partial charge in [-0.15, -0.1) is 0 Å². The van der Waals surface area contributed by atoms with E-state index in [4.69, 9.17) is 0 Å². The molecular weight excluding hydrogens is 456 g/mol. The van der Waals surface area contributed by atoms with Crippen molar-refractivity contribution in [2.45, 2.75) is 45.6 Å². The molecular formula is C24H32N4O5S. The van der Waals surface area contributed by atoms with Gasteiger partial charge in [0.15, 0.2) is 0 Å². The molecule has 0 heterocycles. The standard InChI is InChI=1S/C24H32N4O5S/c1-6-28(7-2)34(32,33)20-10-8-9-19(15-20)22(29)25-21(16(3)4)24(31)27-26-23(30)18-13-11-17(5)12-14-18/h8-16,21H,6-7H2,1-5H3,(H,25,29)(H,26,30)(H,27,31)/t21-/m0/s1. The highest BCUT2D eigenvalue weighted by atomic mass is 32.2. The Kier molecular flexibility index (Phi) is 9.34. The first-order chi connectivity index (χ1) is 16.0. The molecule has 3 N–H and O–H groups in total. The van der Waals surface area contributed by atoms with Gasteiger partial charge in [0.25, 0.3) is 17.7 Å². The molecule has 2 rings (SSSR count). The third-order valence-corrected chi connectivity index (χ3v) is 7.33. The Labute approximate surface area is 200 Å². The van der Waals surface area contributed by atoms with Gasteiger partial charge in [0.1, 0.15) is 6.04 Å². The van der Waals surface area contributed by atoms with Crippen molar-refractivity contribution in [3.63, 3.8) is 0 Å². The molecule has 0 bridgehead atoms. The summed E-state index contributed by atoms with van der Waals surface area (Å²) < 4.78 is 26.9. The first kappa shape index (κ1) is 27.0. The average Bonchev–Trinajstić information content (AvgIpc) is 2.81. The molecule has 9 nitrogen and oxygen atoms in total. The zero-order valence-corrected chi connectivity index (χ0v) is 20.9. The van der Waals surface area contributed by atoms with Crippen molar-refractivity contribution in [3.8, 4) is 0 Å². The normalized spacial score (nSPS) is 12.3. The van der Waals surface area contributed by atoms with Gasteiger partial charge < -0.3 is 5.32 Å². The molecule has 10 heteroatoms. The number of hydrogen-bond donors (Lipinski definition) is 3. The van der Waals surface area contributed by atoms with Crippen LogP contribution in [-0.4, -0.2) is 49.6 Å². The maximum absolute atomic E-state index is 12.9. The number of nitrogens with one attached hydrogen (secondary N) is 3. The second-order valence-corrected chi connectivity index (χ2v) is 10.1. The lowest BCUT2D eigenvalue weighted by Gasteiger charge is -2.22. The van der Waals surface area contributed by atoms with Crippen molar-refractivity contribution in [2.75, 3.05) is 13.1 Å². The number of hydrogen-bond acceptors (Lipinski definition) is 5. The highest BCUT2D eigenvalue weighted by molar-refractivity contribution is 7.89. The fourth-order valence-electron chi connectivity index (χ4n) is 3.24. The van der Waals surface area contributed by atoms with Crippen LogP contribution in [0.3, 0.4) is 0 Å². The van der Waals surface area contributed by atoms with Crippen LogP contribution in [0.5, 0.6) is 0 Å². The van der Waals surface area contributed by atoms with Crippen molar-refractivity contribution in [1.82, 2.24) is 20.5 Å². The van der Waals surface area contributed by atoms with Crippen LogP contribution in [-0.2, 0) is 14.8 Å². The van der Waals surface area contributed by atoms with Gasteiger partial charge in [0, 0.05) is 24.2 Å². The lowest BCUT2D eigenvalue weighted by atomic mass is 10.0. The number of nitrogens with zero attached hydrogens (tertiary/aromatic N) is 1. The van der Waals surface area contributed by atoms with Gasteiger partial charge in [-0.25, -0.2) is 8.42 Å². The fourth-order valence-corrected chi connectivity index (χ4v) is 4.75. The number of aryl methyl sites for hydroxylation is 1. The Balaban J connectivity index is 2.12. The molecule has 0 aliphatic rings. The van der Waals surface area contributed by atoms with Gasteiger partial charge in [-0.2, -0.15) is 4.31 Å². The summed E-state index contributed by atoms with van der Waals surface area (Å²) in [4.78, 5) is 37.8. The highest BCUT2D eigenvalue weighted by Gasteiger charge is 2.27. The molecule has 0 aromatic heterocycles. The van der Waals surface area contributed by atoms with Gasteiger partial charge in [0.05, 0.1) is 4.90 Å². The lowest BCUT2D eigenvalue weighted by molar-refractivity contribution is -0.124. The molecule has 0 saturated carbocycles. The van der Waals surface area contributed by atoms with E-state index in [9.17, 15) is 22.8 Å². The zero-order chi connectivity index (χ0) is 25.5. The lowest BCUT2D eigenvalue weighted by Crippen LogP contribution is -2.54. The van der Waals surface area contributed by atoms with Crippen molar-refractivity contribution in [3.05, 3.63) is 65.2 Å². The Hall–Kier alpha value is -3.24. The summed E-state index contributed by atoms with van der Waals surface area (Å²) in [6, 6.07) is 11.5. The molecule has 0 aliphatic heterocycles. The van der Waals surface area contributed by atoms with E-state index in [1.807, 2.05) is 6.92 Å². The molecule has 2 aromatic rings. The second-order valence-electron chi connectivity index (χ2n) is 8.12. The SMILES string of the molecule is CCN(CC)S(=O)(=O)c1cccc(C(=O)N[C@H](C(=O)NNC(=O)c2ccc(C)cc2)C(C)C)c1. The Bertz CT molecular complexity index is 1130. The van der Waals surface area contributed by atoms with Gasteiger partial charge in [-0.3, -0.25) is 25.2 Å². The Morgan fingerprint density at radius 1 is 0.882 bits per heavy atom. The molecule has 0 aliphatic carbocycles. The van der Waals surface area contributed by atoms with Crippen LogP contribution in [0, 0.1) is 12.8 Å². The van der Waals surface area contributed by atoms with E-state index in [1.54, 1.807) is 52.0 Å². The summed E-state index contributed by atoms with van der Waals surface area (Å²) in [6.45, 7) is 9.47. The Morgan fingerprint density at radius 2 is 1.50 bits per heavy atom. The van der Waals surface area contributed by atoms with Crippen LogP contribution >= 0.6 is 0 Å². The molecule has 34 heavy (non-hydrogen) atoms. The number of rotatable bonds is 9. The van der Waals surface area contributed by atoms with E-state index in [0.29, 0.717) is 18.7 Å². The number of hydrazine groups is 1. The minimum absolute atomic E-state index is 0.000223. The molecule has 0 spiro atoms. The van der Waals surface area contributed by atoms with Crippen LogP contribution in [0.1, 0.15) is 54.0 Å². The van der Waals surface area contributed by atoms with Crippen LogP contribution in [0.15, 0.2) is 53.4 Å². The predicted molar refractivity (Wildman–Crippen MR) is 129 cm³/mol. The third-order valence-electron chi connectivity index (χ3n) is 5.29. The van der Waals surface area contributed by atoms with Gasteiger partial charge in [0.2, 0.25) is 10.0 Å². The monoisotopic (exact) mass is 488 g/mol. The van der Waals surface area contributed by atoms with Crippen molar-refractivity contribution in [1.29, 1.82) is 0 Å². The van der Waals surface area contributed by atoms with E-state index in [2.05, 4.69) is 16.2 Å². The first-order valence-corrected chi connectivity index (χ1v) is 12.5. The molecule has 3 amide bonds. The smallest absolute Gasteiger partial charge is 0.269 e. The van der Waals surface area contributed by atoms with E-state index in [1.165, 1.54) is 28.6 Å². The molecule has 0 unspecified atom stereocenters. The van der Waals surface area contributed by atoms with Crippen LogP contribution in [0.4, 0.5) is 0 Å². The Morgan fingerprint density at radius 3 is 2.06 bits per heavy atom.